The van der Waals surface area contributed by atoms with Gasteiger partial charge in [-0.25, -0.2) is 4.68 Å². The summed E-state index contributed by atoms with van der Waals surface area (Å²) in [6.45, 7) is 8.49. The van der Waals surface area contributed by atoms with Crippen LogP contribution in [0.3, 0.4) is 0 Å². The maximum absolute atomic E-state index is 12.2. The van der Waals surface area contributed by atoms with Gasteiger partial charge in [-0.2, -0.15) is 10.5 Å². The Morgan fingerprint density at radius 2 is 1.90 bits per heavy atom. The second-order valence-electron chi connectivity index (χ2n) is 12.3. The van der Waals surface area contributed by atoms with Gasteiger partial charge in [0, 0.05) is 43.5 Å². The van der Waals surface area contributed by atoms with Gasteiger partial charge in [-0.1, -0.05) is 38.1 Å². The fourth-order valence-electron chi connectivity index (χ4n) is 4.89. The van der Waals surface area contributed by atoms with E-state index in [9.17, 15) is 15.3 Å². The molecule has 2 N–H and O–H groups in total. The Hall–Kier alpha value is -4.90. The number of pyridine rings is 1. The number of fused-ring (bicyclic) bond motifs is 1. The van der Waals surface area contributed by atoms with Gasteiger partial charge in [0.2, 0.25) is 5.91 Å². The van der Waals surface area contributed by atoms with Crippen molar-refractivity contribution in [1.82, 2.24) is 20.0 Å². The fourth-order valence-corrected chi connectivity index (χ4v) is 4.89. The van der Waals surface area contributed by atoms with Crippen LogP contribution >= 0.6 is 0 Å². The van der Waals surface area contributed by atoms with Crippen LogP contribution in [0.25, 0.3) is 10.9 Å². The standard InChI is InChI=1S/C31H34BN9O/c1-19(42)40(5)25-8-6-7-22(12-25)31(32,27-17-41(39-38-27)24-9-10-24)37-23-11-20(14-33)28-26(13-23)29(21(15-34)16-35-28)36-18-30(2,3)4/h6-8,11-13,16-17,24,37H,9-10,18,32H2,1-5H3,(H,35,36). The van der Waals surface area contributed by atoms with Crippen molar-refractivity contribution in [1.29, 1.82) is 10.5 Å². The molecule has 212 valence electrons. The second-order valence-corrected chi connectivity index (χ2v) is 12.3. The summed E-state index contributed by atoms with van der Waals surface area (Å²) in [5.41, 5.74) is 3.99. The molecule has 2 aromatic carbocycles. The van der Waals surface area contributed by atoms with Crippen molar-refractivity contribution in [2.45, 2.75) is 52.0 Å². The van der Waals surface area contributed by atoms with Crippen LogP contribution in [0.5, 0.6) is 0 Å². The molecule has 1 aliphatic rings. The van der Waals surface area contributed by atoms with Crippen LogP contribution in [0.2, 0.25) is 0 Å². The van der Waals surface area contributed by atoms with E-state index in [1.807, 2.05) is 49.1 Å². The summed E-state index contributed by atoms with van der Waals surface area (Å²) in [5.74, 6) is -0.0780. The number of nitriles is 2. The van der Waals surface area contributed by atoms with E-state index in [2.05, 4.69) is 58.8 Å². The van der Waals surface area contributed by atoms with E-state index < -0.39 is 5.44 Å². The fraction of sp³-hybridized carbons (Fsp3) is 0.355. The van der Waals surface area contributed by atoms with Crippen molar-refractivity contribution < 1.29 is 4.79 Å². The van der Waals surface area contributed by atoms with Crippen molar-refractivity contribution in [2.75, 3.05) is 29.1 Å². The molecule has 1 unspecified atom stereocenters. The summed E-state index contributed by atoms with van der Waals surface area (Å²) in [6.07, 6.45) is 5.61. The lowest BCUT2D eigenvalue weighted by Gasteiger charge is -2.32. The van der Waals surface area contributed by atoms with Crippen molar-refractivity contribution in [2.24, 2.45) is 5.41 Å². The van der Waals surface area contributed by atoms with Crippen LogP contribution in [-0.4, -0.2) is 47.3 Å². The minimum Gasteiger partial charge on any atom is -0.383 e. The minimum atomic E-state index is -0.888. The predicted octanol–water partition coefficient (Wildman–Crippen LogP) is 4.29. The van der Waals surface area contributed by atoms with Gasteiger partial charge in [-0.3, -0.25) is 9.78 Å². The first kappa shape index (κ1) is 28.6. The quantitative estimate of drug-likeness (QED) is 0.305. The normalized spacial score (nSPS) is 14.5. The van der Waals surface area contributed by atoms with E-state index in [0.29, 0.717) is 51.7 Å². The molecule has 0 radical (unpaired) electrons. The third kappa shape index (κ3) is 5.64. The number of carbonyl (C=O) groups is 1. The number of nitrogens with one attached hydrogen (secondary N) is 2. The second kappa shape index (κ2) is 10.8. The monoisotopic (exact) mass is 559 g/mol. The molecule has 10 nitrogen and oxygen atoms in total. The van der Waals surface area contributed by atoms with Crippen LogP contribution in [0.1, 0.15) is 69.0 Å². The maximum Gasteiger partial charge on any atom is 0.223 e. The Bertz CT molecular complexity index is 1760. The molecule has 1 saturated carbocycles. The predicted molar refractivity (Wildman–Crippen MR) is 166 cm³/mol. The molecule has 2 heterocycles. The molecule has 42 heavy (non-hydrogen) atoms. The number of benzene rings is 2. The van der Waals surface area contributed by atoms with E-state index in [0.717, 1.165) is 24.1 Å². The molecule has 1 atom stereocenters. The largest absolute Gasteiger partial charge is 0.383 e. The molecule has 2 aromatic heterocycles. The van der Waals surface area contributed by atoms with Gasteiger partial charge in [0.25, 0.3) is 0 Å². The molecule has 0 saturated heterocycles. The van der Waals surface area contributed by atoms with E-state index >= 15 is 0 Å². The molecule has 0 bridgehead atoms. The molecule has 4 aromatic rings. The zero-order valence-corrected chi connectivity index (χ0v) is 24.9. The first-order valence-corrected chi connectivity index (χ1v) is 14.0. The number of aromatic nitrogens is 4. The lowest BCUT2D eigenvalue weighted by Crippen LogP contribution is -2.38. The van der Waals surface area contributed by atoms with E-state index in [1.54, 1.807) is 18.0 Å². The highest BCUT2D eigenvalue weighted by atomic mass is 16.2. The molecular weight excluding hydrogens is 525 g/mol. The maximum atomic E-state index is 12.2. The third-order valence-corrected chi connectivity index (χ3v) is 7.63. The lowest BCUT2D eigenvalue weighted by molar-refractivity contribution is -0.116. The highest BCUT2D eigenvalue weighted by Gasteiger charge is 2.35. The van der Waals surface area contributed by atoms with Gasteiger partial charge in [0.15, 0.2) is 0 Å². The van der Waals surface area contributed by atoms with Gasteiger partial charge < -0.3 is 15.5 Å². The Morgan fingerprint density at radius 3 is 2.55 bits per heavy atom. The van der Waals surface area contributed by atoms with Crippen molar-refractivity contribution in [3.8, 4) is 12.1 Å². The molecule has 1 fully saturated rings. The number of carbonyl (C=O) groups excluding carboxylic acids is 1. The Labute approximate surface area is 246 Å². The number of nitrogens with zero attached hydrogens (tertiary/aromatic N) is 7. The highest BCUT2D eigenvalue weighted by molar-refractivity contribution is 6.19. The number of rotatable bonds is 8. The van der Waals surface area contributed by atoms with Crippen molar-refractivity contribution in [3.63, 3.8) is 0 Å². The molecule has 5 rings (SSSR count). The molecule has 11 heteroatoms. The number of anilines is 3. The van der Waals surface area contributed by atoms with Crippen molar-refractivity contribution in [3.05, 3.63) is 71.2 Å². The number of hydrogen-bond acceptors (Lipinski definition) is 8. The molecule has 1 aliphatic carbocycles. The average Bonchev–Trinajstić information content (AvgIpc) is 3.69. The van der Waals surface area contributed by atoms with Crippen LogP contribution in [0.4, 0.5) is 17.1 Å². The van der Waals surface area contributed by atoms with Gasteiger partial charge in [-0.05, 0) is 48.1 Å². The van der Waals surface area contributed by atoms with Crippen LogP contribution < -0.4 is 15.5 Å². The van der Waals surface area contributed by atoms with Crippen LogP contribution in [0, 0.1) is 28.1 Å². The van der Waals surface area contributed by atoms with Crippen molar-refractivity contribution >= 4 is 41.7 Å². The molecular formula is C31H34BN9O. The van der Waals surface area contributed by atoms with Crippen LogP contribution in [-0.2, 0) is 10.2 Å². The third-order valence-electron chi connectivity index (χ3n) is 7.63. The first-order valence-electron chi connectivity index (χ1n) is 14.0. The van der Waals surface area contributed by atoms with E-state index in [-0.39, 0.29) is 11.3 Å². The summed E-state index contributed by atoms with van der Waals surface area (Å²) in [7, 11) is 3.75. The molecule has 1 amide bonds. The van der Waals surface area contributed by atoms with Gasteiger partial charge in [0.05, 0.1) is 40.0 Å². The Morgan fingerprint density at radius 1 is 1.17 bits per heavy atom. The summed E-state index contributed by atoms with van der Waals surface area (Å²) >= 11 is 0. The summed E-state index contributed by atoms with van der Waals surface area (Å²) in [6, 6.07) is 16.3. The van der Waals surface area contributed by atoms with Gasteiger partial charge in [0.1, 0.15) is 25.7 Å². The minimum absolute atomic E-state index is 0.0414. The summed E-state index contributed by atoms with van der Waals surface area (Å²) in [4.78, 5) is 18.2. The smallest absolute Gasteiger partial charge is 0.223 e. The Balaban J connectivity index is 1.67. The lowest BCUT2D eigenvalue weighted by atomic mass is 9.69. The van der Waals surface area contributed by atoms with E-state index in [4.69, 9.17) is 0 Å². The first-order chi connectivity index (χ1) is 19.9. The highest BCUT2D eigenvalue weighted by Crippen LogP contribution is 2.38. The molecule has 0 spiro atoms. The topological polar surface area (TPSA) is 136 Å². The zero-order valence-electron chi connectivity index (χ0n) is 24.9. The SMILES string of the molecule is BC(Nc1cc(C#N)c2ncc(C#N)c(NCC(C)(C)C)c2c1)(c1cccc(N(C)C(C)=O)c1)c1cn(C2CC2)nn1. The number of hydrogen-bond donors (Lipinski definition) is 2. The summed E-state index contributed by atoms with van der Waals surface area (Å²) < 4.78 is 1.90. The average molecular weight is 559 g/mol. The number of amides is 1. The van der Waals surface area contributed by atoms with E-state index in [1.165, 1.54) is 13.1 Å². The Kier molecular flexibility index (Phi) is 7.38. The zero-order chi connectivity index (χ0) is 30.2. The summed E-state index contributed by atoms with van der Waals surface area (Å²) in [5, 5.41) is 36.8. The van der Waals surface area contributed by atoms with Crippen LogP contribution in [0.15, 0.2) is 48.8 Å². The van der Waals surface area contributed by atoms with Gasteiger partial charge in [-0.15, -0.1) is 5.10 Å². The van der Waals surface area contributed by atoms with Gasteiger partial charge >= 0.3 is 0 Å². The molecule has 0 aliphatic heterocycles.